The van der Waals surface area contributed by atoms with Crippen molar-refractivity contribution in [3.8, 4) is 0 Å². The molecule has 4 rings (SSSR count). The molecule has 0 spiro atoms. The van der Waals surface area contributed by atoms with Crippen LogP contribution in [-0.4, -0.2) is 23.1 Å². The Kier molecular flexibility index (Phi) is 13.7. The van der Waals surface area contributed by atoms with Crippen molar-refractivity contribution in [3.05, 3.63) is 99.7 Å². The molecule has 0 saturated carbocycles. The molecule has 0 bridgehead atoms. The lowest BCUT2D eigenvalue weighted by molar-refractivity contribution is -0.130. The largest absolute Gasteiger partial charge is 0.300 e. The summed E-state index contributed by atoms with van der Waals surface area (Å²) in [6.07, 6.45) is 17.5. The lowest BCUT2D eigenvalue weighted by Crippen LogP contribution is -2.30. The minimum atomic E-state index is -0.132. The number of hydrogen-bond donors (Lipinski definition) is 0. The number of carbonyl (C=O) groups excluding carboxylic acids is 4. The highest BCUT2D eigenvalue weighted by atomic mass is 16.1. The molecule has 0 saturated heterocycles. The number of benzene rings is 2. The summed E-state index contributed by atoms with van der Waals surface area (Å²) in [4.78, 5) is 51.4. The number of Topliss-reactive ketones (excluding diaryl/α,β-unsaturated/α-hetero) is 4. The van der Waals surface area contributed by atoms with Gasteiger partial charge in [-0.15, -0.1) is 0 Å². The summed E-state index contributed by atoms with van der Waals surface area (Å²) in [5.74, 6) is 1.03. The molecule has 0 aliphatic heterocycles. The van der Waals surface area contributed by atoms with Crippen molar-refractivity contribution in [1.82, 2.24) is 0 Å². The fraction of sp³-hybridized carbons (Fsp3) is 0.500. The fourth-order valence-electron chi connectivity index (χ4n) is 7.97. The minimum Gasteiger partial charge on any atom is -0.300 e. The zero-order valence-electron chi connectivity index (χ0n) is 30.2. The van der Waals surface area contributed by atoms with Crippen LogP contribution in [0.2, 0.25) is 0 Å². The summed E-state index contributed by atoms with van der Waals surface area (Å²) < 4.78 is 0. The van der Waals surface area contributed by atoms with Gasteiger partial charge in [0.15, 0.2) is 5.78 Å². The quantitative estimate of drug-likeness (QED) is 0.180. The first-order valence-electron chi connectivity index (χ1n) is 18.3. The highest BCUT2D eigenvalue weighted by molar-refractivity contribution is 6.01. The van der Waals surface area contributed by atoms with E-state index in [1.54, 1.807) is 0 Å². The Morgan fingerprint density at radius 3 is 2.35 bits per heavy atom. The van der Waals surface area contributed by atoms with E-state index in [9.17, 15) is 19.2 Å². The highest BCUT2D eigenvalue weighted by Gasteiger charge is 2.33. The van der Waals surface area contributed by atoms with Gasteiger partial charge in [0, 0.05) is 30.7 Å². The van der Waals surface area contributed by atoms with Crippen molar-refractivity contribution in [2.75, 3.05) is 0 Å². The second kappa shape index (κ2) is 17.7. The number of allylic oxidation sites excluding steroid dienone is 6. The number of fused-ring (bicyclic) bond motifs is 1. The van der Waals surface area contributed by atoms with Crippen LogP contribution in [0.3, 0.4) is 0 Å². The van der Waals surface area contributed by atoms with Crippen molar-refractivity contribution >= 4 is 28.7 Å². The first-order valence-corrected chi connectivity index (χ1v) is 18.3. The van der Waals surface area contributed by atoms with Crippen LogP contribution in [0.25, 0.3) is 5.57 Å². The Hall–Kier alpha value is -3.66. The summed E-state index contributed by atoms with van der Waals surface area (Å²) in [6, 6.07) is 12.5. The van der Waals surface area contributed by atoms with E-state index in [1.165, 1.54) is 23.6 Å². The molecule has 256 valence electrons. The third-order valence-electron chi connectivity index (χ3n) is 10.5. The van der Waals surface area contributed by atoms with E-state index >= 15 is 0 Å². The van der Waals surface area contributed by atoms with Gasteiger partial charge in [-0.05, 0) is 109 Å². The molecule has 4 nitrogen and oxygen atoms in total. The van der Waals surface area contributed by atoms with E-state index in [0.717, 1.165) is 79.2 Å². The lowest BCUT2D eigenvalue weighted by atomic mass is 9.72. The molecule has 2 aromatic carbocycles. The maximum Gasteiger partial charge on any atom is 0.163 e. The van der Waals surface area contributed by atoms with Crippen LogP contribution < -0.4 is 0 Å². The van der Waals surface area contributed by atoms with Crippen LogP contribution in [-0.2, 0) is 33.6 Å². The molecule has 2 aromatic rings. The lowest BCUT2D eigenvalue weighted by Gasteiger charge is -2.32. The average molecular weight is 649 g/mol. The van der Waals surface area contributed by atoms with Gasteiger partial charge in [0.25, 0.3) is 0 Å². The normalized spacial score (nSPS) is 17.8. The number of hydrogen-bond acceptors (Lipinski definition) is 4. The maximum absolute atomic E-state index is 13.6. The number of ketones is 4. The van der Waals surface area contributed by atoms with Gasteiger partial charge in [-0.25, -0.2) is 0 Å². The first kappa shape index (κ1) is 37.2. The van der Waals surface area contributed by atoms with Crippen molar-refractivity contribution in [1.29, 1.82) is 0 Å². The molecule has 0 radical (unpaired) electrons. The molecule has 3 atom stereocenters. The van der Waals surface area contributed by atoms with Crippen LogP contribution >= 0.6 is 0 Å². The van der Waals surface area contributed by atoms with Gasteiger partial charge in [-0.2, -0.15) is 0 Å². The standard InChI is InChI=1S/C44H56O4/c1-7-12-38(41(8-2)42(47)23-30(5)45)24-33-25-39-22-21-37(31(6)44(39)43(48)27-33)28-40(46)26-32-17-19-36(20-18-32)35-14-10-9-13-34(29(3)4)15-11-16-35/h9,13-15,17-22,29,33,38,41H,7-8,10-12,16,23-28H2,1-6H3. The predicted octanol–water partition coefficient (Wildman–Crippen LogP) is 10.2. The second-order valence-corrected chi connectivity index (χ2v) is 14.6. The maximum atomic E-state index is 13.6. The Morgan fingerprint density at radius 2 is 1.69 bits per heavy atom. The Labute approximate surface area is 289 Å². The van der Waals surface area contributed by atoms with Crippen LogP contribution in [0, 0.1) is 30.6 Å². The van der Waals surface area contributed by atoms with Crippen LogP contribution in [0.1, 0.15) is 131 Å². The monoisotopic (exact) mass is 648 g/mol. The van der Waals surface area contributed by atoms with Gasteiger partial charge in [-0.1, -0.05) is 101 Å². The molecule has 0 N–H and O–H groups in total. The molecule has 0 aromatic heterocycles. The van der Waals surface area contributed by atoms with Gasteiger partial charge in [0.1, 0.15) is 17.3 Å². The SMILES string of the molecule is CCCC(CC1CC(=O)c2c(ccc(CC(=O)Cc3ccc(C4=CCC=CC(C(C)C)=CCC4)cc3)c2C)C1)C(CC)C(=O)CC(C)=O. The van der Waals surface area contributed by atoms with Gasteiger partial charge < -0.3 is 0 Å². The van der Waals surface area contributed by atoms with E-state index in [-0.39, 0.29) is 47.3 Å². The van der Waals surface area contributed by atoms with E-state index in [4.69, 9.17) is 0 Å². The summed E-state index contributed by atoms with van der Waals surface area (Å²) in [5, 5.41) is 0. The average Bonchev–Trinajstić information content (AvgIpc) is 3.15. The molecule has 0 fully saturated rings. The first-order chi connectivity index (χ1) is 23.0. The Balaban J connectivity index is 1.39. The molecule has 3 unspecified atom stereocenters. The highest BCUT2D eigenvalue weighted by Crippen LogP contribution is 2.37. The summed E-state index contributed by atoms with van der Waals surface area (Å²) in [5.41, 5.74) is 8.70. The van der Waals surface area contributed by atoms with Crippen LogP contribution in [0.5, 0.6) is 0 Å². The van der Waals surface area contributed by atoms with E-state index in [0.29, 0.717) is 25.2 Å². The Bertz CT molecular complexity index is 1570. The van der Waals surface area contributed by atoms with Gasteiger partial charge in [0.05, 0.1) is 6.42 Å². The third kappa shape index (κ3) is 9.94. The third-order valence-corrected chi connectivity index (χ3v) is 10.5. The molecule has 2 aliphatic carbocycles. The summed E-state index contributed by atoms with van der Waals surface area (Å²) in [7, 11) is 0. The molecule has 48 heavy (non-hydrogen) atoms. The Morgan fingerprint density at radius 1 is 0.938 bits per heavy atom. The number of carbonyl (C=O) groups is 4. The van der Waals surface area contributed by atoms with Crippen molar-refractivity contribution in [3.63, 3.8) is 0 Å². The molecule has 4 heteroatoms. The zero-order valence-corrected chi connectivity index (χ0v) is 30.2. The molecular formula is C44H56O4. The van der Waals surface area contributed by atoms with E-state index in [1.807, 2.05) is 19.9 Å². The minimum absolute atomic E-state index is 0.00472. The molecule has 2 aliphatic rings. The second-order valence-electron chi connectivity index (χ2n) is 14.6. The fourth-order valence-corrected chi connectivity index (χ4v) is 7.97. The summed E-state index contributed by atoms with van der Waals surface area (Å²) >= 11 is 0. The van der Waals surface area contributed by atoms with E-state index in [2.05, 4.69) is 75.4 Å². The van der Waals surface area contributed by atoms with Gasteiger partial charge >= 0.3 is 0 Å². The number of rotatable bonds is 15. The summed E-state index contributed by atoms with van der Waals surface area (Å²) in [6.45, 7) is 12.1. The zero-order chi connectivity index (χ0) is 34.8. The van der Waals surface area contributed by atoms with Gasteiger partial charge in [-0.3, -0.25) is 19.2 Å². The topological polar surface area (TPSA) is 68.3 Å². The van der Waals surface area contributed by atoms with Crippen molar-refractivity contribution < 1.29 is 19.2 Å². The van der Waals surface area contributed by atoms with Crippen LogP contribution in [0.4, 0.5) is 0 Å². The molecule has 0 amide bonds. The molecular weight excluding hydrogens is 592 g/mol. The molecule has 0 heterocycles. The smallest absolute Gasteiger partial charge is 0.163 e. The van der Waals surface area contributed by atoms with Crippen LogP contribution in [0.15, 0.2) is 66.3 Å². The van der Waals surface area contributed by atoms with Gasteiger partial charge in [0.2, 0.25) is 0 Å². The predicted molar refractivity (Wildman–Crippen MR) is 197 cm³/mol. The van der Waals surface area contributed by atoms with Crippen molar-refractivity contribution in [2.45, 2.75) is 119 Å². The van der Waals surface area contributed by atoms with Crippen molar-refractivity contribution in [2.24, 2.45) is 23.7 Å². The van der Waals surface area contributed by atoms with E-state index < -0.39 is 0 Å².